The van der Waals surface area contributed by atoms with Crippen LogP contribution in [0.1, 0.15) is 6.92 Å². The minimum Gasteiger partial charge on any atom is -0.494 e. The van der Waals surface area contributed by atoms with Gasteiger partial charge in [0.05, 0.1) is 28.1 Å². The Labute approximate surface area is 162 Å². The number of benzene rings is 2. The van der Waals surface area contributed by atoms with E-state index in [1.54, 1.807) is 24.3 Å². The van der Waals surface area contributed by atoms with E-state index in [2.05, 4.69) is 5.32 Å². The van der Waals surface area contributed by atoms with Crippen LogP contribution in [0.3, 0.4) is 0 Å². The van der Waals surface area contributed by atoms with E-state index in [9.17, 15) is 13.2 Å². The summed E-state index contributed by atoms with van der Waals surface area (Å²) in [5.41, 5.74) is 0.427. The van der Waals surface area contributed by atoms with Crippen molar-refractivity contribution in [2.75, 3.05) is 25.5 Å². The molecule has 0 heterocycles. The Hall–Kier alpha value is -1.80. The molecule has 6 nitrogen and oxygen atoms in total. The van der Waals surface area contributed by atoms with Crippen LogP contribution in [0.2, 0.25) is 10.0 Å². The van der Waals surface area contributed by atoms with Crippen LogP contribution >= 0.6 is 23.2 Å². The predicted octanol–water partition coefficient (Wildman–Crippen LogP) is 3.65. The molecule has 140 valence electrons. The van der Waals surface area contributed by atoms with Crippen LogP contribution in [0.5, 0.6) is 5.75 Å². The number of carbonyl (C=O) groups is 1. The van der Waals surface area contributed by atoms with Crippen molar-refractivity contribution < 1.29 is 17.9 Å². The zero-order valence-electron chi connectivity index (χ0n) is 14.2. The molecule has 0 unspecified atom stereocenters. The summed E-state index contributed by atoms with van der Waals surface area (Å²) in [5.74, 6) is 0.0758. The van der Waals surface area contributed by atoms with Gasteiger partial charge in [0, 0.05) is 12.7 Å². The summed E-state index contributed by atoms with van der Waals surface area (Å²) in [6, 6.07) is 10.6. The van der Waals surface area contributed by atoms with Crippen LogP contribution in [0, 0.1) is 0 Å². The molecule has 26 heavy (non-hydrogen) atoms. The largest absolute Gasteiger partial charge is 0.494 e. The highest BCUT2D eigenvalue weighted by atomic mass is 35.5. The smallest absolute Gasteiger partial charge is 0.243 e. The van der Waals surface area contributed by atoms with Crippen molar-refractivity contribution in [3.05, 3.63) is 52.5 Å². The molecule has 0 aliphatic rings. The Kier molecular flexibility index (Phi) is 6.88. The van der Waals surface area contributed by atoms with E-state index in [4.69, 9.17) is 27.9 Å². The highest BCUT2D eigenvalue weighted by Crippen LogP contribution is 2.25. The van der Waals surface area contributed by atoms with Crippen molar-refractivity contribution in [3.63, 3.8) is 0 Å². The van der Waals surface area contributed by atoms with E-state index in [0.717, 1.165) is 4.31 Å². The van der Waals surface area contributed by atoms with Gasteiger partial charge in [0.2, 0.25) is 15.9 Å². The first-order valence-corrected chi connectivity index (χ1v) is 9.87. The first-order valence-electron chi connectivity index (χ1n) is 7.68. The molecule has 0 aliphatic heterocycles. The SMILES string of the molecule is CCOc1ccc(S(=O)(=O)N(C)CC(=O)Nc2ccc(Cl)c(Cl)c2)cc1. The third-order valence-corrected chi connectivity index (χ3v) is 5.97. The van der Waals surface area contributed by atoms with Crippen LogP contribution in [0.25, 0.3) is 0 Å². The summed E-state index contributed by atoms with van der Waals surface area (Å²) in [4.78, 5) is 12.2. The summed E-state index contributed by atoms with van der Waals surface area (Å²) in [5, 5.41) is 3.23. The lowest BCUT2D eigenvalue weighted by Crippen LogP contribution is -2.34. The third kappa shape index (κ3) is 5.11. The predicted molar refractivity (Wildman–Crippen MR) is 103 cm³/mol. The molecule has 0 fully saturated rings. The second kappa shape index (κ2) is 8.73. The molecule has 2 aromatic rings. The van der Waals surface area contributed by atoms with Gasteiger partial charge in [-0.25, -0.2) is 8.42 Å². The zero-order chi connectivity index (χ0) is 19.3. The van der Waals surface area contributed by atoms with Gasteiger partial charge < -0.3 is 10.1 Å². The van der Waals surface area contributed by atoms with Crippen molar-refractivity contribution in [2.45, 2.75) is 11.8 Å². The van der Waals surface area contributed by atoms with Gasteiger partial charge in [0.15, 0.2) is 0 Å². The Bertz CT molecular complexity index is 886. The quantitative estimate of drug-likeness (QED) is 0.746. The Morgan fingerprint density at radius 1 is 1.12 bits per heavy atom. The normalized spacial score (nSPS) is 11.4. The minimum atomic E-state index is -3.80. The fourth-order valence-electron chi connectivity index (χ4n) is 2.12. The first kappa shape index (κ1) is 20.5. The van der Waals surface area contributed by atoms with Crippen LogP contribution < -0.4 is 10.1 Å². The number of nitrogens with one attached hydrogen (secondary N) is 1. The average molecular weight is 417 g/mol. The van der Waals surface area contributed by atoms with Crippen molar-refractivity contribution in [1.29, 1.82) is 0 Å². The molecule has 0 saturated heterocycles. The van der Waals surface area contributed by atoms with E-state index in [1.807, 2.05) is 6.92 Å². The molecule has 0 spiro atoms. The number of carbonyl (C=O) groups excluding carboxylic acids is 1. The van der Waals surface area contributed by atoms with Gasteiger partial charge in [-0.05, 0) is 49.4 Å². The Morgan fingerprint density at radius 2 is 1.77 bits per heavy atom. The maximum Gasteiger partial charge on any atom is 0.243 e. The monoisotopic (exact) mass is 416 g/mol. The highest BCUT2D eigenvalue weighted by Gasteiger charge is 2.23. The Balaban J connectivity index is 2.05. The number of ether oxygens (including phenoxy) is 1. The molecule has 0 bridgehead atoms. The number of hydrogen-bond acceptors (Lipinski definition) is 4. The van der Waals surface area contributed by atoms with Gasteiger partial charge in [-0.1, -0.05) is 23.2 Å². The fraction of sp³-hybridized carbons (Fsp3) is 0.235. The lowest BCUT2D eigenvalue weighted by atomic mass is 10.3. The molecule has 0 saturated carbocycles. The molecule has 0 radical (unpaired) electrons. The van der Waals surface area contributed by atoms with Crippen molar-refractivity contribution in [3.8, 4) is 5.75 Å². The van der Waals surface area contributed by atoms with Gasteiger partial charge >= 0.3 is 0 Å². The number of nitrogens with zero attached hydrogens (tertiary/aromatic N) is 1. The second-order valence-corrected chi connectivity index (χ2v) is 8.20. The van der Waals surface area contributed by atoms with Gasteiger partial charge in [-0.3, -0.25) is 4.79 Å². The molecule has 1 N–H and O–H groups in total. The summed E-state index contributed by atoms with van der Waals surface area (Å²) in [6.45, 7) is 1.97. The van der Waals surface area contributed by atoms with Crippen molar-refractivity contribution >= 4 is 44.8 Å². The number of amides is 1. The first-order chi connectivity index (χ1) is 12.2. The summed E-state index contributed by atoms with van der Waals surface area (Å²) in [7, 11) is -2.47. The van der Waals surface area contributed by atoms with Crippen molar-refractivity contribution in [1.82, 2.24) is 4.31 Å². The van der Waals surface area contributed by atoms with Gasteiger partial charge in [0.25, 0.3) is 0 Å². The number of anilines is 1. The molecular formula is C17H18Cl2N2O4S. The molecule has 0 aromatic heterocycles. The minimum absolute atomic E-state index is 0.0748. The highest BCUT2D eigenvalue weighted by molar-refractivity contribution is 7.89. The molecule has 9 heteroatoms. The molecule has 2 rings (SSSR count). The lowest BCUT2D eigenvalue weighted by molar-refractivity contribution is -0.116. The van der Waals surface area contributed by atoms with Crippen LogP contribution in [-0.2, 0) is 14.8 Å². The van der Waals surface area contributed by atoms with E-state index in [1.165, 1.54) is 25.2 Å². The molecule has 2 aromatic carbocycles. The third-order valence-electron chi connectivity index (χ3n) is 3.41. The number of likely N-dealkylation sites (N-methyl/N-ethyl adjacent to an activating group) is 1. The number of rotatable bonds is 7. The lowest BCUT2D eigenvalue weighted by Gasteiger charge is -2.17. The van der Waals surface area contributed by atoms with E-state index in [-0.39, 0.29) is 11.4 Å². The van der Waals surface area contributed by atoms with Crippen molar-refractivity contribution in [2.24, 2.45) is 0 Å². The number of sulfonamides is 1. The topological polar surface area (TPSA) is 75.7 Å². The van der Waals surface area contributed by atoms with Crippen LogP contribution in [0.15, 0.2) is 47.4 Å². The molecule has 0 atom stereocenters. The standard InChI is InChI=1S/C17H18Cl2N2O4S/c1-3-25-13-5-7-14(8-6-13)26(23,24)21(2)11-17(22)20-12-4-9-15(18)16(19)10-12/h4-10H,3,11H2,1-2H3,(H,20,22). The van der Waals surface area contributed by atoms with E-state index >= 15 is 0 Å². The summed E-state index contributed by atoms with van der Waals surface area (Å²) < 4.78 is 31.4. The van der Waals surface area contributed by atoms with Crippen LogP contribution in [-0.4, -0.2) is 38.8 Å². The van der Waals surface area contributed by atoms with E-state index < -0.39 is 15.9 Å². The average Bonchev–Trinajstić information content (AvgIpc) is 2.59. The Morgan fingerprint density at radius 3 is 2.35 bits per heavy atom. The summed E-state index contributed by atoms with van der Waals surface area (Å²) >= 11 is 11.7. The second-order valence-electron chi connectivity index (χ2n) is 5.34. The maximum atomic E-state index is 12.6. The molecule has 1 amide bonds. The summed E-state index contributed by atoms with van der Waals surface area (Å²) in [6.07, 6.45) is 0. The van der Waals surface area contributed by atoms with Gasteiger partial charge in [0.1, 0.15) is 5.75 Å². The van der Waals surface area contributed by atoms with Gasteiger partial charge in [-0.15, -0.1) is 0 Å². The molecular weight excluding hydrogens is 399 g/mol. The van der Waals surface area contributed by atoms with Gasteiger partial charge in [-0.2, -0.15) is 4.31 Å². The molecule has 0 aliphatic carbocycles. The van der Waals surface area contributed by atoms with Crippen LogP contribution in [0.4, 0.5) is 5.69 Å². The maximum absolute atomic E-state index is 12.6. The number of hydrogen-bond donors (Lipinski definition) is 1. The zero-order valence-corrected chi connectivity index (χ0v) is 16.5. The number of halogens is 2. The van der Waals surface area contributed by atoms with E-state index in [0.29, 0.717) is 28.1 Å². The fourth-order valence-corrected chi connectivity index (χ4v) is 3.54.